The van der Waals surface area contributed by atoms with Crippen molar-refractivity contribution in [3.05, 3.63) is 101 Å². The molecule has 3 rings (SSSR count). The molecule has 0 aliphatic rings. The second-order valence-electron chi connectivity index (χ2n) is 8.46. The van der Waals surface area contributed by atoms with E-state index < -0.39 is 40.2 Å². The lowest BCUT2D eigenvalue weighted by atomic mass is 10.0. The van der Waals surface area contributed by atoms with Crippen LogP contribution < -0.4 is 9.62 Å². The molecule has 0 aromatic heterocycles. The molecular formula is C27H29ClFN3O4S. The van der Waals surface area contributed by atoms with Crippen LogP contribution in [0.5, 0.6) is 0 Å². The summed E-state index contributed by atoms with van der Waals surface area (Å²) >= 11 is 6.07. The van der Waals surface area contributed by atoms with Gasteiger partial charge in [0.1, 0.15) is 18.4 Å². The third-order valence-corrected chi connectivity index (χ3v) is 7.07. The van der Waals surface area contributed by atoms with Crippen LogP contribution >= 0.6 is 11.6 Å². The first-order valence-electron chi connectivity index (χ1n) is 11.7. The largest absolute Gasteiger partial charge is 0.355 e. The molecule has 0 saturated carbocycles. The molecule has 7 nitrogen and oxygen atoms in total. The van der Waals surface area contributed by atoms with E-state index in [1.165, 1.54) is 35.2 Å². The van der Waals surface area contributed by atoms with E-state index in [2.05, 4.69) is 5.32 Å². The summed E-state index contributed by atoms with van der Waals surface area (Å²) in [5, 5.41) is 3.05. The number of amides is 2. The molecule has 0 spiro atoms. The van der Waals surface area contributed by atoms with Gasteiger partial charge in [0.2, 0.25) is 21.8 Å². The highest BCUT2D eigenvalue weighted by molar-refractivity contribution is 7.92. The van der Waals surface area contributed by atoms with E-state index >= 15 is 0 Å². The fourth-order valence-corrected chi connectivity index (χ4v) is 4.93. The Hall–Kier alpha value is -3.43. The minimum absolute atomic E-state index is 0.156. The van der Waals surface area contributed by atoms with Crippen molar-refractivity contribution in [3.63, 3.8) is 0 Å². The molecule has 196 valence electrons. The number of hydrogen-bond donors (Lipinski definition) is 1. The molecule has 0 saturated heterocycles. The third kappa shape index (κ3) is 7.77. The van der Waals surface area contributed by atoms with Crippen LogP contribution in [0, 0.1) is 5.82 Å². The van der Waals surface area contributed by atoms with Gasteiger partial charge in [-0.1, -0.05) is 66.2 Å². The number of carbonyl (C=O) groups is 2. The number of nitrogens with zero attached hydrogens (tertiary/aromatic N) is 2. The number of rotatable bonds is 11. The molecule has 0 unspecified atom stereocenters. The molecule has 0 heterocycles. The quantitative estimate of drug-likeness (QED) is 0.394. The molecule has 3 aromatic rings. The Kier molecular flexibility index (Phi) is 9.66. The van der Waals surface area contributed by atoms with E-state index in [0.29, 0.717) is 11.6 Å². The predicted octanol–water partition coefficient (Wildman–Crippen LogP) is 4.02. The zero-order valence-corrected chi connectivity index (χ0v) is 22.2. The zero-order chi connectivity index (χ0) is 27.0. The predicted molar refractivity (Wildman–Crippen MR) is 143 cm³/mol. The highest BCUT2D eigenvalue weighted by Gasteiger charge is 2.33. The van der Waals surface area contributed by atoms with E-state index in [-0.39, 0.29) is 24.2 Å². The molecule has 2 amide bonds. The van der Waals surface area contributed by atoms with Gasteiger partial charge in [-0.3, -0.25) is 13.9 Å². The summed E-state index contributed by atoms with van der Waals surface area (Å²) in [5.41, 5.74) is 1.19. The fraction of sp³-hybridized carbons (Fsp3) is 0.259. The van der Waals surface area contributed by atoms with Crippen molar-refractivity contribution in [1.82, 2.24) is 10.2 Å². The number of likely N-dealkylation sites (N-methyl/N-ethyl adjacent to an activating group) is 1. The van der Waals surface area contributed by atoms with Gasteiger partial charge in [-0.05, 0) is 36.8 Å². The maximum atomic E-state index is 14.7. The Balaban J connectivity index is 2.05. The third-order valence-electron chi connectivity index (χ3n) is 5.70. The van der Waals surface area contributed by atoms with Crippen LogP contribution in [0.2, 0.25) is 5.02 Å². The molecule has 0 bridgehead atoms. The molecule has 0 aliphatic heterocycles. The van der Waals surface area contributed by atoms with Gasteiger partial charge in [-0.15, -0.1) is 0 Å². The van der Waals surface area contributed by atoms with Crippen molar-refractivity contribution in [3.8, 4) is 0 Å². The molecule has 0 fully saturated rings. The number of carbonyl (C=O) groups excluding carboxylic acids is 2. The van der Waals surface area contributed by atoms with Crippen molar-refractivity contribution in [1.29, 1.82) is 0 Å². The lowest BCUT2D eigenvalue weighted by molar-refractivity contribution is -0.140. The van der Waals surface area contributed by atoms with Gasteiger partial charge < -0.3 is 10.2 Å². The van der Waals surface area contributed by atoms with Crippen LogP contribution in [-0.2, 0) is 32.6 Å². The van der Waals surface area contributed by atoms with Crippen LogP contribution in [0.4, 0.5) is 10.1 Å². The maximum Gasteiger partial charge on any atom is 0.244 e. The van der Waals surface area contributed by atoms with E-state index in [0.717, 1.165) is 16.1 Å². The van der Waals surface area contributed by atoms with Crippen molar-refractivity contribution in [2.24, 2.45) is 0 Å². The second-order valence-corrected chi connectivity index (χ2v) is 10.8. The van der Waals surface area contributed by atoms with Crippen molar-refractivity contribution in [2.75, 3.05) is 23.7 Å². The van der Waals surface area contributed by atoms with E-state index in [1.807, 2.05) is 30.3 Å². The lowest BCUT2D eigenvalue weighted by Crippen LogP contribution is -2.53. The fourth-order valence-electron chi connectivity index (χ4n) is 3.90. The number of hydrogen-bond acceptors (Lipinski definition) is 4. The lowest BCUT2D eigenvalue weighted by Gasteiger charge is -2.33. The van der Waals surface area contributed by atoms with Crippen LogP contribution in [0.15, 0.2) is 78.9 Å². The molecule has 1 N–H and O–H groups in total. The van der Waals surface area contributed by atoms with E-state index in [4.69, 9.17) is 11.6 Å². The average molecular weight is 546 g/mol. The summed E-state index contributed by atoms with van der Waals surface area (Å²) in [6, 6.07) is 20.2. The summed E-state index contributed by atoms with van der Waals surface area (Å²) in [6.45, 7) is 1.25. The number of benzene rings is 3. The number of halogens is 2. The SMILES string of the molecule is CCNC(=O)[C@@H](Cc1ccccc1)N(Cc1ccccc1F)C(=O)CN(c1cccc(Cl)c1)S(C)(=O)=O. The number of anilines is 1. The molecular weight excluding hydrogens is 517 g/mol. The van der Waals surface area contributed by atoms with Crippen LogP contribution in [0.25, 0.3) is 0 Å². The van der Waals surface area contributed by atoms with Crippen molar-refractivity contribution < 1.29 is 22.4 Å². The summed E-state index contributed by atoms with van der Waals surface area (Å²) in [7, 11) is -3.91. The topological polar surface area (TPSA) is 86.8 Å². The van der Waals surface area contributed by atoms with Gasteiger partial charge >= 0.3 is 0 Å². The first-order chi connectivity index (χ1) is 17.6. The molecule has 10 heteroatoms. The van der Waals surface area contributed by atoms with Crippen LogP contribution in [-0.4, -0.2) is 50.5 Å². The second kappa shape index (κ2) is 12.7. The van der Waals surface area contributed by atoms with Gasteiger partial charge in [0.05, 0.1) is 11.9 Å². The molecule has 1 atom stereocenters. The van der Waals surface area contributed by atoms with Gasteiger partial charge in [0, 0.05) is 30.1 Å². The first kappa shape index (κ1) is 28.1. The van der Waals surface area contributed by atoms with E-state index in [9.17, 15) is 22.4 Å². The van der Waals surface area contributed by atoms with Crippen molar-refractivity contribution >= 4 is 39.1 Å². The standard InChI is InChI=1S/C27H29ClFN3O4S/c1-3-30-27(34)25(16-20-10-5-4-6-11-20)31(18-21-12-7-8-15-24(21)29)26(33)19-32(37(2,35)36)23-14-9-13-22(28)17-23/h4-15,17,25H,3,16,18-19H2,1-2H3,(H,30,34)/t25-/m1/s1. The smallest absolute Gasteiger partial charge is 0.244 e. The Morgan fingerprint density at radius 2 is 1.68 bits per heavy atom. The Bertz CT molecular complexity index is 1340. The van der Waals surface area contributed by atoms with Gasteiger partial charge in [0.15, 0.2) is 0 Å². The summed E-state index contributed by atoms with van der Waals surface area (Å²) in [6.07, 6.45) is 1.14. The summed E-state index contributed by atoms with van der Waals surface area (Å²) in [5.74, 6) is -1.63. The Labute approximate surface area is 221 Å². The molecule has 3 aromatic carbocycles. The highest BCUT2D eigenvalue weighted by Crippen LogP contribution is 2.23. The Morgan fingerprint density at radius 3 is 2.30 bits per heavy atom. The Morgan fingerprint density at radius 1 is 1.00 bits per heavy atom. The zero-order valence-electron chi connectivity index (χ0n) is 20.6. The number of sulfonamides is 1. The van der Waals surface area contributed by atoms with E-state index in [1.54, 1.807) is 25.1 Å². The van der Waals surface area contributed by atoms with Gasteiger partial charge in [0.25, 0.3) is 0 Å². The maximum absolute atomic E-state index is 14.7. The highest BCUT2D eigenvalue weighted by atomic mass is 35.5. The van der Waals surface area contributed by atoms with Crippen LogP contribution in [0.3, 0.4) is 0 Å². The molecule has 0 radical (unpaired) electrons. The van der Waals surface area contributed by atoms with Gasteiger partial charge in [-0.2, -0.15) is 0 Å². The van der Waals surface area contributed by atoms with Gasteiger partial charge in [-0.25, -0.2) is 12.8 Å². The van der Waals surface area contributed by atoms with Crippen LogP contribution in [0.1, 0.15) is 18.1 Å². The monoisotopic (exact) mass is 545 g/mol. The first-order valence-corrected chi connectivity index (χ1v) is 13.9. The normalized spacial score (nSPS) is 12.0. The van der Waals surface area contributed by atoms with Crippen molar-refractivity contribution in [2.45, 2.75) is 25.9 Å². The minimum Gasteiger partial charge on any atom is -0.355 e. The minimum atomic E-state index is -3.91. The number of nitrogens with one attached hydrogen (secondary N) is 1. The summed E-state index contributed by atoms with van der Waals surface area (Å²) < 4.78 is 40.9. The summed E-state index contributed by atoms with van der Waals surface area (Å²) in [4.78, 5) is 28.3. The average Bonchev–Trinajstić information content (AvgIpc) is 2.85. The molecule has 0 aliphatic carbocycles. The molecule has 37 heavy (non-hydrogen) atoms.